The van der Waals surface area contributed by atoms with Crippen molar-refractivity contribution in [2.24, 2.45) is 0 Å². The molecule has 0 N–H and O–H groups in total. The standard InChI is InChI=1S/C12H10N2O.C8H10S/c1-9(15)10-5-6-12(14-8-10)11-4-2-3-7-13-11;1-7-5-3-4-6-8(7)9-2/h2-8H,1H3;3-6H,1-2H3. The van der Waals surface area contributed by atoms with Crippen molar-refractivity contribution < 1.29 is 4.79 Å². The number of ketones is 1. The Hall–Kier alpha value is -2.46. The molecule has 3 aromatic rings. The molecule has 2 aromatic heterocycles. The maximum absolute atomic E-state index is 11.0. The first-order valence-corrected chi connectivity index (χ1v) is 8.82. The van der Waals surface area contributed by atoms with E-state index in [1.54, 1.807) is 36.3 Å². The number of aromatic nitrogens is 2. The SMILES string of the molecule is CC(=O)c1ccc(-c2ccccn2)nc1.CSc1ccccc1C. The van der Waals surface area contributed by atoms with Gasteiger partial charge in [0.2, 0.25) is 0 Å². The van der Waals surface area contributed by atoms with Gasteiger partial charge in [0.1, 0.15) is 0 Å². The topological polar surface area (TPSA) is 42.9 Å². The van der Waals surface area contributed by atoms with Crippen molar-refractivity contribution in [2.75, 3.05) is 6.26 Å². The smallest absolute Gasteiger partial charge is 0.161 e. The zero-order valence-corrected chi connectivity index (χ0v) is 14.9. The highest BCUT2D eigenvalue weighted by atomic mass is 32.2. The van der Waals surface area contributed by atoms with Gasteiger partial charge in [0, 0.05) is 22.9 Å². The number of Topliss-reactive ketones (excluding diaryl/α,β-unsaturated/α-hetero) is 1. The first kappa shape index (κ1) is 17.9. The third-order valence-corrected chi connectivity index (χ3v) is 4.31. The molecule has 0 saturated heterocycles. The first-order valence-electron chi connectivity index (χ1n) is 7.60. The van der Waals surface area contributed by atoms with E-state index in [4.69, 9.17) is 0 Å². The summed E-state index contributed by atoms with van der Waals surface area (Å²) in [5.41, 5.74) is 3.58. The maximum Gasteiger partial charge on any atom is 0.161 e. The van der Waals surface area contributed by atoms with Crippen LogP contribution in [0.5, 0.6) is 0 Å². The van der Waals surface area contributed by atoms with Gasteiger partial charge in [0.15, 0.2) is 5.78 Å². The molecule has 0 atom stereocenters. The number of benzene rings is 1. The number of aryl methyl sites for hydroxylation is 1. The predicted octanol–water partition coefficient (Wildman–Crippen LogP) is 5.06. The minimum atomic E-state index is 0.0232. The lowest BCUT2D eigenvalue weighted by Crippen LogP contribution is -1.94. The number of hydrogen-bond acceptors (Lipinski definition) is 4. The van der Waals surface area contributed by atoms with E-state index in [9.17, 15) is 4.79 Å². The Bertz CT molecular complexity index is 786. The minimum Gasteiger partial charge on any atom is -0.294 e. The molecule has 2 heterocycles. The van der Waals surface area contributed by atoms with Gasteiger partial charge < -0.3 is 0 Å². The van der Waals surface area contributed by atoms with Gasteiger partial charge in [-0.1, -0.05) is 24.3 Å². The molecule has 24 heavy (non-hydrogen) atoms. The molecule has 0 aliphatic carbocycles. The van der Waals surface area contributed by atoms with Crippen molar-refractivity contribution in [3.8, 4) is 11.4 Å². The van der Waals surface area contributed by atoms with Crippen molar-refractivity contribution >= 4 is 17.5 Å². The molecule has 4 heteroatoms. The first-order chi connectivity index (χ1) is 11.6. The summed E-state index contributed by atoms with van der Waals surface area (Å²) in [6.45, 7) is 3.66. The number of thioether (sulfide) groups is 1. The average Bonchev–Trinajstić information content (AvgIpc) is 2.63. The highest BCUT2D eigenvalue weighted by Crippen LogP contribution is 2.17. The molecule has 0 amide bonds. The Kier molecular flexibility index (Phi) is 6.70. The van der Waals surface area contributed by atoms with Crippen LogP contribution < -0.4 is 0 Å². The number of carbonyl (C=O) groups is 1. The fourth-order valence-corrected chi connectivity index (χ4v) is 2.66. The Morgan fingerprint density at radius 1 is 0.917 bits per heavy atom. The van der Waals surface area contributed by atoms with Gasteiger partial charge in [0.05, 0.1) is 11.4 Å². The molecule has 0 radical (unpaired) electrons. The monoisotopic (exact) mass is 336 g/mol. The molecule has 0 aliphatic rings. The van der Waals surface area contributed by atoms with Crippen LogP contribution in [0, 0.1) is 6.92 Å². The van der Waals surface area contributed by atoms with Crippen LogP contribution in [0.1, 0.15) is 22.8 Å². The zero-order chi connectivity index (χ0) is 17.4. The number of hydrogen-bond donors (Lipinski definition) is 0. The van der Waals surface area contributed by atoms with E-state index in [1.807, 2.05) is 18.2 Å². The van der Waals surface area contributed by atoms with E-state index < -0.39 is 0 Å². The molecular weight excluding hydrogens is 316 g/mol. The third-order valence-electron chi connectivity index (χ3n) is 3.41. The summed E-state index contributed by atoms with van der Waals surface area (Å²) >= 11 is 1.80. The minimum absolute atomic E-state index is 0.0232. The molecule has 0 fully saturated rings. The lowest BCUT2D eigenvalue weighted by molar-refractivity contribution is 0.101. The average molecular weight is 336 g/mol. The summed E-state index contributed by atoms with van der Waals surface area (Å²) in [5, 5.41) is 0. The zero-order valence-electron chi connectivity index (χ0n) is 14.1. The second kappa shape index (κ2) is 8.99. The van der Waals surface area contributed by atoms with Crippen molar-refractivity contribution in [3.63, 3.8) is 0 Å². The predicted molar refractivity (Wildman–Crippen MR) is 100 cm³/mol. The Balaban J connectivity index is 0.000000198. The van der Waals surface area contributed by atoms with Gasteiger partial charge in [0.25, 0.3) is 0 Å². The molecule has 1 aromatic carbocycles. The van der Waals surface area contributed by atoms with Gasteiger partial charge >= 0.3 is 0 Å². The summed E-state index contributed by atoms with van der Waals surface area (Å²) < 4.78 is 0. The molecule has 0 saturated carbocycles. The lowest BCUT2D eigenvalue weighted by Gasteiger charge is -1.99. The quantitative estimate of drug-likeness (QED) is 0.495. The van der Waals surface area contributed by atoms with E-state index in [2.05, 4.69) is 47.4 Å². The van der Waals surface area contributed by atoms with Crippen molar-refractivity contribution in [1.29, 1.82) is 0 Å². The fourth-order valence-electron chi connectivity index (χ4n) is 2.05. The van der Waals surface area contributed by atoms with E-state index in [1.165, 1.54) is 17.4 Å². The van der Waals surface area contributed by atoms with Crippen molar-refractivity contribution in [1.82, 2.24) is 9.97 Å². The maximum atomic E-state index is 11.0. The van der Waals surface area contributed by atoms with Crippen LogP contribution in [-0.4, -0.2) is 22.0 Å². The number of nitrogens with zero attached hydrogens (tertiary/aromatic N) is 2. The van der Waals surface area contributed by atoms with Crippen molar-refractivity contribution in [2.45, 2.75) is 18.7 Å². The second-order valence-corrected chi connectivity index (χ2v) is 6.02. The Morgan fingerprint density at radius 2 is 1.62 bits per heavy atom. The Morgan fingerprint density at radius 3 is 2.12 bits per heavy atom. The van der Waals surface area contributed by atoms with Crippen LogP contribution >= 0.6 is 11.8 Å². The largest absolute Gasteiger partial charge is 0.294 e. The van der Waals surface area contributed by atoms with Crippen LogP contribution in [0.15, 0.2) is 71.9 Å². The van der Waals surface area contributed by atoms with Crippen LogP contribution in [0.3, 0.4) is 0 Å². The molecular formula is C20H20N2OS. The van der Waals surface area contributed by atoms with Gasteiger partial charge in [-0.25, -0.2) is 0 Å². The van der Waals surface area contributed by atoms with Gasteiger partial charge in [-0.05, 0) is 56.0 Å². The van der Waals surface area contributed by atoms with E-state index in [0.717, 1.165) is 11.4 Å². The summed E-state index contributed by atoms with van der Waals surface area (Å²) in [5.74, 6) is 0.0232. The molecule has 122 valence electrons. The van der Waals surface area contributed by atoms with Crippen LogP contribution in [-0.2, 0) is 0 Å². The molecule has 3 rings (SSSR count). The highest BCUT2D eigenvalue weighted by molar-refractivity contribution is 7.98. The summed E-state index contributed by atoms with van der Waals surface area (Å²) in [4.78, 5) is 20.8. The van der Waals surface area contributed by atoms with Crippen LogP contribution in [0.25, 0.3) is 11.4 Å². The van der Waals surface area contributed by atoms with E-state index in [0.29, 0.717) is 5.56 Å². The molecule has 3 nitrogen and oxygen atoms in total. The van der Waals surface area contributed by atoms with Crippen LogP contribution in [0.2, 0.25) is 0 Å². The van der Waals surface area contributed by atoms with Gasteiger partial charge in [-0.3, -0.25) is 14.8 Å². The fraction of sp³-hybridized carbons (Fsp3) is 0.150. The summed E-state index contributed by atoms with van der Waals surface area (Å²) in [7, 11) is 0. The highest BCUT2D eigenvalue weighted by Gasteiger charge is 2.02. The second-order valence-electron chi connectivity index (χ2n) is 5.17. The molecule has 0 aliphatic heterocycles. The molecule has 0 unspecified atom stereocenters. The molecule has 0 spiro atoms. The summed E-state index contributed by atoms with van der Waals surface area (Å²) in [6.07, 6.45) is 5.39. The van der Waals surface area contributed by atoms with Gasteiger partial charge in [-0.2, -0.15) is 0 Å². The number of carbonyl (C=O) groups excluding carboxylic acids is 1. The van der Waals surface area contributed by atoms with E-state index in [-0.39, 0.29) is 5.78 Å². The normalized spacial score (nSPS) is 9.79. The Labute approximate surface area is 147 Å². The molecule has 0 bridgehead atoms. The number of pyridine rings is 2. The van der Waals surface area contributed by atoms with E-state index >= 15 is 0 Å². The summed E-state index contributed by atoms with van der Waals surface area (Å²) in [6, 6.07) is 17.6. The van der Waals surface area contributed by atoms with Crippen molar-refractivity contribution in [3.05, 3.63) is 78.1 Å². The van der Waals surface area contributed by atoms with Gasteiger partial charge in [-0.15, -0.1) is 11.8 Å². The third kappa shape index (κ3) is 5.03. The lowest BCUT2D eigenvalue weighted by atomic mass is 10.2. The van der Waals surface area contributed by atoms with Crippen LogP contribution in [0.4, 0.5) is 0 Å². The number of rotatable bonds is 3.